The summed E-state index contributed by atoms with van der Waals surface area (Å²) in [6, 6.07) is 0. The van der Waals surface area contributed by atoms with E-state index in [1.165, 1.54) is 10.9 Å². The number of nitrogens with zero attached hydrogens (tertiary/aromatic N) is 6. The first-order chi connectivity index (χ1) is 18.9. The molecule has 0 amide bonds. The second-order valence-electron chi connectivity index (χ2n) is 8.91. The molecule has 2 aliphatic rings. The minimum atomic E-state index is -4.92. The Morgan fingerprint density at radius 2 is 1.80 bits per heavy atom. The Labute approximate surface area is 233 Å². The lowest BCUT2D eigenvalue weighted by Crippen LogP contribution is -2.35. The molecule has 21 heteroatoms. The lowest BCUT2D eigenvalue weighted by Gasteiger charge is -2.23. The van der Waals surface area contributed by atoms with Gasteiger partial charge in [-0.15, -0.1) is 23.2 Å². The van der Waals surface area contributed by atoms with Gasteiger partial charge < -0.3 is 35.3 Å². The summed E-state index contributed by atoms with van der Waals surface area (Å²) >= 11 is 12.7. The molecule has 3 aromatic rings. The number of hydrogen-bond acceptors (Lipinski definition) is 14. The Balaban J connectivity index is 1.27. The van der Waals surface area contributed by atoms with Crippen molar-refractivity contribution in [2.24, 2.45) is 0 Å². The number of aromatic amines is 1. The summed E-state index contributed by atoms with van der Waals surface area (Å²) in [5.41, 5.74) is 4.23. The molecule has 2 aliphatic heterocycles. The molecule has 5 rings (SSSR count). The lowest BCUT2D eigenvalue weighted by atomic mass is 10.2. The number of rotatable bonds is 8. The number of nitrogen functional groups attached to an aromatic ring is 1. The highest BCUT2D eigenvalue weighted by Gasteiger charge is 2.50. The summed E-state index contributed by atoms with van der Waals surface area (Å²) in [4.78, 5) is 52.6. The van der Waals surface area contributed by atoms with Crippen molar-refractivity contribution in [1.82, 2.24) is 34.1 Å². The number of anilines is 1. The molecule has 0 aromatic carbocycles. The van der Waals surface area contributed by atoms with Crippen LogP contribution >= 0.6 is 31.0 Å². The molecule has 2 fully saturated rings. The minimum Gasteiger partial charge on any atom is -0.394 e. The van der Waals surface area contributed by atoms with E-state index >= 15 is 0 Å². The third-order valence-corrected chi connectivity index (χ3v) is 8.16. The van der Waals surface area contributed by atoms with Crippen molar-refractivity contribution >= 4 is 48.1 Å². The number of aromatic nitrogens is 7. The van der Waals surface area contributed by atoms with E-state index < -0.39 is 79.9 Å². The van der Waals surface area contributed by atoms with Gasteiger partial charge in [0, 0.05) is 0 Å². The van der Waals surface area contributed by atoms with Crippen LogP contribution in [0.5, 0.6) is 0 Å². The molecular formula is C19H23Cl2N8O10P. The average molecular weight is 625 g/mol. The molecule has 0 radical (unpaired) electrons. The molecule has 9 atom stereocenters. The number of nitrogens with two attached hydrogens (primary N) is 1. The van der Waals surface area contributed by atoms with Crippen LogP contribution < -0.4 is 17.0 Å². The van der Waals surface area contributed by atoms with Gasteiger partial charge in [0.2, 0.25) is 5.95 Å². The summed E-state index contributed by atoms with van der Waals surface area (Å²) < 4.78 is 36.6. The van der Waals surface area contributed by atoms with E-state index in [2.05, 4.69) is 24.9 Å². The number of aliphatic hydroxyl groups is 2. The Morgan fingerprint density at radius 3 is 2.50 bits per heavy atom. The molecule has 5 heterocycles. The number of halogens is 2. The largest absolute Gasteiger partial charge is 0.472 e. The topological polar surface area (TPSA) is 252 Å². The molecule has 2 saturated heterocycles. The zero-order valence-electron chi connectivity index (χ0n) is 20.4. The molecule has 0 aliphatic carbocycles. The number of nitrogens with one attached hydrogen (secondary N) is 1. The summed E-state index contributed by atoms with van der Waals surface area (Å²) in [6.45, 7) is 0.222. The van der Waals surface area contributed by atoms with Gasteiger partial charge in [-0.2, -0.15) is 4.98 Å². The van der Waals surface area contributed by atoms with Crippen molar-refractivity contribution in [2.75, 3.05) is 18.9 Å². The maximum atomic E-state index is 12.8. The van der Waals surface area contributed by atoms with Crippen molar-refractivity contribution in [3.05, 3.63) is 39.3 Å². The summed E-state index contributed by atoms with van der Waals surface area (Å²) in [6.07, 6.45) is -5.30. The lowest BCUT2D eigenvalue weighted by molar-refractivity contribution is -0.0565. The molecule has 3 aromatic heterocycles. The first-order valence-corrected chi connectivity index (χ1v) is 13.9. The van der Waals surface area contributed by atoms with Crippen LogP contribution in [0.3, 0.4) is 0 Å². The number of hydrogen-bond donors (Lipinski definition) is 5. The van der Waals surface area contributed by atoms with Gasteiger partial charge in [0.05, 0.1) is 19.5 Å². The Hall–Kier alpha value is -2.51. The van der Waals surface area contributed by atoms with Gasteiger partial charge in [0.15, 0.2) is 23.6 Å². The third kappa shape index (κ3) is 5.39. The molecule has 18 nitrogen and oxygen atoms in total. The Kier molecular flexibility index (Phi) is 8.01. The maximum absolute atomic E-state index is 12.8. The number of H-pyrrole nitrogens is 1. The molecule has 0 bridgehead atoms. The van der Waals surface area contributed by atoms with Gasteiger partial charge in [-0.3, -0.25) is 23.0 Å². The van der Waals surface area contributed by atoms with E-state index in [4.69, 9.17) is 47.5 Å². The number of phosphoric ester groups is 1. The number of phosphoric acid groups is 1. The molecule has 0 saturated carbocycles. The zero-order chi connectivity index (χ0) is 28.9. The highest BCUT2D eigenvalue weighted by Crippen LogP contribution is 2.50. The number of ether oxygens (including phenoxy) is 2. The normalized spacial score (nSPS) is 32.0. The van der Waals surface area contributed by atoms with Crippen LogP contribution in [0, 0.1) is 6.92 Å². The predicted molar refractivity (Wildman–Crippen MR) is 134 cm³/mol. The first kappa shape index (κ1) is 29.0. The number of alkyl halides is 2. The van der Waals surface area contributed by atoms with Crippen molar-refractivity contribution in [1.29, 1.82) is 0 Å². The highest BCUT2D eigenvalue weighted by molar-refractivity contribution is 7.47. The van der Waals surface area contributed by atoms with Crippen molar-refractivity contribution in [3.63, 3.8) is 0 Å². The van der Waals surface area contributed by atoms with Crippen LogP contribution in [0.15, 0.2) is 22.2 Å². The number of imidazole rings is 1. The molecule has 0 spiro atoms. The van der Waals surface area contributed by atoms with Gasteiger partial charge in [-0.1, -0.05) is 0 Å². The van der Waals surface area contributed by atoms with Crippen LogP contribution in [0.25, 0.3) is 11.2 Å². The van der Waals surface area contributed by atoms with E-state index in [0.29, 0.717) is 5.82 Å². The van der Waals surface area contributed by atoms with E-state index in [9.17, 15) is 29.3 Å². The fourth-order valence-electron chi connectivity index (χ4n) is 4.36. The quantitative estimate of drug-likeness (QED) is 0.141. The second-order valence-corrected chi connectivity index (χ2v) is 11.3. The van der Waals surface area contributed by atoms with Gasteiger partial charge in [0.25, 0.3) is 5.56 Å². The van der Waals surface area contributed by atoms with E-state index in [1.54, 1.807) is 6.92 Å². The fraction of sp³-hybridized carbons (Fsp3) is 0.579. The molecule has 3 unspecified atom stereocenters. The molecule has 218 valence electrons. The number of aryl methyl sites for hydroxylation is 1. The van der Waals surface area contributed by atoms with Gasteiger partial charge in [-0.05, 0) is 6.92 Å². The van der Waals surface area contributed by atoms with Gasteiger partial charge in [-0.25, -0.2) is 24.3 Å². The Morgan fingerprint density at radius 1 is 1.12 bits per heavy atom. The third-order valence-electron chi connectivity index (χ3n) is 6.24. The summed E-state index contributed by atoms with van der Waals surface area (Å²) in [5.74, 6) is 0.0250. The number of aliphatic hydroxyl groups excluding tert-OH is 2. The monoisotopic (exact) mass is 624 g/mol. The van der Waals surface area contributed by atoms with Crippen LogP contribution in [-0.4, -0.2) is 97.5 Å². The standard InChI is InChI=1S/C19H23Cl2N8O10P/c1-6-25-14-11(15(32)26-6)23-4-28(14)16-9(20)12(31)8(38-16)3-36-40(34,35)39-13-7(2-30)37-17(10(13)21)29-5-24-18(22)27-19(29)33/h4-5,7-10,12-13,16-17,30-31H,2-3H2,1H3,(H,34,35)(H2,22,27,33)(H,25,26,32)/t7-,8-,9?,10?,12+,13+,16-,17-/m1/s1. The van der Waals surface area contributed by atoms with E-state index in [1.807, 2.05) is 0 Å². The van der Waals surface area contributed by atoms with Crippen LogP contribution in [0.2, 0.25) is 0 Å². The minimum absolute atomic E-state index is 0.0273. The molecular weight excluding hydrogens is 602 g/mol. The van der Waals surface area contributed by atoms with Crippen molar-refractivity contribution < 1.29 is 38.2 Å². The van der Waals surface area contributed by atoms with Crippen molar-refractivity contribution in [3.8, 4) is 0 Å². The molecule has 6 N–H and O–H groups in total. The van der Waals surface area contributed by atoms with Gasteiger partial charge >= 0.3 is 13.5 Å². The summed E-state index contributed by atoms with van der Waals surface area (Å²) in [5, 5.41) is 18.0. The fourth-order valence-corrected chi connectivity index (χ4v) is 6.14. The SMILES string of the molecule is Cc1nc2c(ncn2[C@@H]2O[C@H](COP(=O)(O)O[C@@H]3C(Cl)[C@H](n4cnc(N)nc4=O)O[C@@H]3CO)[C@H](O)C2Cl)c(=O)[nH]1. The van der Waals surface area contributed by atoms with Gasteiger partial charge in [0.1, 0.15) is 47.3 Å². The highest BCUT2D eigenvalue weighted by atomic mass is 35.5. The van der Waals surface area contributed by atoms with Crippen LogP contribution in [0.1, 0.15) is 18.3 Å². The van der Waals surface area contributed by atoms with E-state index in [0.717, 1.165) is 10.9 Å². The van der Waals surface area contributed by atoms with Crippen LogP contribution in [0.4, 0.5) is 5.95 Å². The zero-order valence-corrected chi connectivity index (χ0v) is 22.8. The van der Waals surface area contributed by atoms with E-state index in [-0.39, 0.29) is 17.1 Å². The van der Waals surface area contributed by atoms with Crippen LogP contribution in [-0.2, 0) is 23.1 Å². The molecule has 40 heavy (non-hydrogen) atoms. The van der Waals surface area contributed by atoms with Crippen molar-refractivity contribution in [2.45, 2.75) is 54.5 Å². The first-order valence-electron chi connectivity index (χ1n) is 11.6. The Bertz CT molecular complexity index is 1570. The maximum Gasteiger partial charge on any atom is 0.472 e. The summed E-state index contributed by atoms with van der Waals surface area (Å²) in [7, 11) is -4.92. The number of fused-ring (bicyclic) bond motifs is 1. The average Bonchev–Trinajstić information content (AvgIpc) is 3.53. The predicted octanol–water partition coefficient (Wildman–Crippen LogP) is -1.47. The smallest absolute Gasteiger partial charge is 0.394 e. The second kappa shape index (κ2) is 11.1.